The molecule has 0 saturated heterocycles. The van der Waals surface area contributed by atoms with Gasteiger partial charge in [0.2, 0.25) is 0 Å². The van der Waals surface area contributed by atoms with E-state index in [9.17, 15) is 4.39 Å². The van der Waals surface area contributed by atoms with Gasteiger partial charge in [0.15, 0.2) is 0 Å². The van der Waals surface area contributed by atoms with E-state index in [1.807, 2.05) is 6.07 Å². The number of hydrogen-bond acceptors (Lipinski definition) is 1. The van der Waals surface area contributed by atoms with Gasteiger partial charge in [0.1, 0.15) is 5.82 Å². The molecule has 0 saturated carbocycles. The van der Waals surface area contributed by atoms with E-state index in [2.05, 4.69) is 43.4 Å². The normalized spacial score (nSPS) is 12.3. The van der Waals surface area contributed by atoms with Crippen molar-refractivity contribution < 1.29 is 4.39 Å². The fourth-order valence-corrected chi connectivity index (χ4v) is 2.63. The van der Waals surface area contributed by atoms with Crippen LogP contribution in [0.25, 0.3) is 0 Å². The minimum Gasteiger partial charge on any atom is -0.316 e. The van der Waals surface area contributed by atoms with Crippen LogP contribution in [0.5, 0.6) is 0 Å². The Morgan fingerprint density at radius 3 is 2.62 bits per heavy atom. The van der Waals surface area contributed by atoms with Crippen LogP contribution in [0.1, 0.15) is 36.0 Å². The minimum absolute atomic E-state index is 0.156. The van der Waals surface area contributed by atoms with Gasteiger partial charge in [-0.1, -0.05) is 48.9 Å². The fourth-order valence-electron chi connectivity index (χ4n) is 2.63. The van der Waals surface area contributed by atoms with Crippen LogP contribution >= 0.6 is 0 Å². The van der Waals surface area contributed by atoms with Crippen molar-refractivity contribution in [2.75, 3.05) is 13.1 Å². The molecule has 1 nitrogen and oxygen atoms in total. The lowest BCUT2D eigenvalue weighted by atomic mass is 9.91. The predicted octanol–water partition coefficient (Wildman–Crippen LogP) is 4.46. The van der Waals surface area contributed by atoms with Gasteiger partial charge in [-0.05, 0) is 49.6 Å². The molecule has 0 heterocycles. The van der Waals surface area contributed by atoms with Crippen molar-refractivity contribution in [2.24, 2.45) is 0 Å². The van der Waals surface area contributed by atoms with Gasteiger partial charge >= 0.3 is 0 Å². The van der Waals surface area contributed by atoms with E-state index in [0.29, 0.717) is 5.92 Å². The zero-order valence-corrected chi connectivity index (χ0v) is 12.9. The maximum atomic E-state index is 13.4. The van der Waals surface area contributed by atoms with Gasteiger partial charge in [-0.25, -0.2) is 4.39 Å². The second kappa shape index (κ2) is 7.94. The molecule has 0 spiro atoms. The van der Waals surface area contributed by atoms with Crippen LogP contribution < -0.4 is 5.32 Å². The summed E-state index contributed by atoms with van der Waals surface area (Å²) < 4.78 is 13.4. The first-order chi connectivity index (χ1) is 10.2. The summed E-state index contributed by atoms with van der Waals surface area (Å²) in [5, 5.41) is 3.49. The summed E-state index contributed by atoms with van der Waals surface area (Å²) in [5.41, 5.74) is 3.65. The summed E-state index contributed by atoms with van der Waals surface area (Å²) in [7, 11) is 0. The molecule has 2 aromatic carbocycles. The van der Waals surface area contributed by atoms with Gasteiger partial charge in [0.25, 0.3) is 0 Å². The molecule has 2 rings (SSSR count). The monoisotopic (exact) mass is 285 g/mol. The maximum Gasteiger partial charge on any atom is 0.123 e. The molecule has 21 heavy (non-hydrogen) atoms. The Bertz CT molecular complexity index is 565. The largest absolute Gasteiger partial charge is 0.316 e. The van der Waals surface area contributed by atoms with Crippen LogP contribution in [0.2, 0.25) is 0 Å². The lowest BCUT2D eigenvalue weighted by molar-refractivity contribution is 0.572. The molecule has 112 valence electrons. The summed E-state index contributed by atoms with van der Waals surface area (Å²) in [6.07, 6.45) is 1.98. The van der Waals surface area contributed by atoms with Crippen LogP contribution in [0.3, 0.4) is 0 Å². The first kappa shape index (κ1) is 15.7. The summed E-state index contributed by atoms with van der Waals surface area (Å²) >= 11 is 0. The van der Waals surface area contributed by atoms with Crippen molar-refractivity contribution in [3.05, 3.63) is 71.0 Å². The highest BCUT2D eigenvalue weighted by molar-refractivity contribution is 5.28. The first-order valence-electron chi connectivity index (χ1n) is 7.70. The van der Waals surface area contributed by atoms with Gasteiger partial charge in [0, 0.05) is 12.5 Å². The molecule has 0 aliphatic heterocycles. The number of benzene rings is 2. The van der Waals surface area contributed by atoms with Gasteiger partial charge < -0.3 is 5.32 Å². The molecule has 1 N–H and O–H groups in total. The van der Waals surface area contributed by atoms with Crippen LogP contribution in [0.4, 0.5) is 4.39 Å². The quantitative estimate of drug-likeness (QED) is 0.741. The van der Waals surface area contributed by atoms with Crippen molar-refractivity contribution in [3.63, 3.8) is 0 Å². The molecule has 0 radical (unpaired) electrons. The molecule has 2 aromatic rings. The molecule has 0 aliphatic rings. The summed E-state index contributed by atoms with van der Waals surface area (Å²) in [4.78, 5) is 0. The topological polar surface area (TPSA) is 12.0 Å². The summed E-state index contributed by atoms with van der Waals surface area (Å²) in [6, 6.07) is 15.6. The predicted molar refractivity (Wildman–Crippen MR) is 87.2 cm³/mol. The molecular formula is C19H24FN. The minimum atomic E-state index is -0.156. The van der Waals surface area contributed by atoms with E-state index in [1.54, 1.807) is 12.1 Å². The van der Waals surface area contributed by atoms with E-state index in [-0.39, 0.29) is 5.82 Å². The van der Waals surface area contributed by atoms with Crippen molar-refractivity contribution in [3.8, 4) is 0 Å². The van der Waals surface area contributed by atoms with E-state index in [1.165, 1.54) is 17.2 Å². The number of hydrogen-bond donors (Lipinski definition) is 1. The Kier molecular flexibility index (Phi) is 5.94. The van der Waals surface area contributed by atoms with E-state index >= 15 is 0 Å². The Morgan fingerprint density at radius 2 is 1.90 bits per heavy atom. The molecule has 1 atom stereocenters. The van der Waals surface area contributed by atoms with Crippen LogP contribution in [-0.2, 0) is 6.42 Å². The summed E-state index contributed by atoms with van der Waals surface area (Å²) in [6.45, 7) is 6.22. The molecule has 0 amide bonds. The van der Waals surface area contributed by atoms with Crippen LogP contribution in [-0.4, -0.2) is 13.1 Å². The number of aryl methyl sites for hydroxylation is 1. The lowest BCUT2D eigenvalue weighted by Gasteiger charge is -2.19. The molecule has 0 aromatic heterocycles. The van der Waals surface area contributed by atoms with Crippen LogP contribution in [0, 0.1) is 12.7 Å². The van der Waals surface area contributed by atoms with Gasteiger partial charge in [-0.3, -0.25) is 0 Å². The Labute approximate surface area is 127 Å². The average molecular weight is 285 g/mol. The average Bonchev–Trinajstić information content (AvgIpc) is 2.46. The number of rotatable bonds is 7. The Morgan fingerprint density at radius 1 is 1.10 bits per heavy atom. The number of nitrogens with one attached hydrogen (secondary N) is 1. The van der Waals surface area contributed by atoms with E-state index in [0.717, 1.165) is 31.5 Å². The van der Waals surface area contributed by atoms with Crippen LogP contribution in [0.15, 0.2) is 48.5 Å². The van der Waals surface area contributed by atoms with Crippen molar-refractivity contribution in [1.82, 2.24) is 5.32 Å². The fraction of sp³-hybridized carbons (Fsp3) is 0.368. The van der Waals surface area contributed by atoms with Crippen molar-refractivity contribution in [1.29, 1.82) is 0 Å². The Balaban J connectivity index is 2.15. The zero-order valence-electron chi connectivity index (χ0n) is 12.9. The second-order valence-corrected chi connectivity index (χ2v) is 5.65. The van der Waals surface area contributed by atoms with Crippen molar-refractivity contribution >= 4 is 0 Å². The third-order valence-electron chi connectivity index (χ3n) is 3.70. The molecule has 0 fully saturated rings. The summed E-state index contributed by atoms with van der Waals surface area (Å²) in [5.74, 6) is 0.218. The Hall–Kier alpha value is -1.67. The molecule has 0 aliphatic carbocycles. The third-order valence-corrected chi connectivity index (χ3v) is 3.70. The second-order valence-electron chi connectivity index (χ2n) is 5.65. The molecule has 0 bridgehead atoms. The first-order valence-corrected chi connectivity index (χ1v) is 7.70. The standard InChI is InChI=1S/C19H24FN/c1-3-10-21-14-18(17-8-4-6-15(2)11-17)12-16-7-5-9-19(20)13-16/h4-9,11,13,18,21H,3,10,12,14H2,1-2H3. The van der Waals surface area contributed by atoms with Gasteiger partial charge in [-0.15, -0.1) is 0 Å². The van der Waals surface area contributed by atoms with Gasteiger partial charge in [-0.2, -0.15) is 0 Å². The smallest absolute Gasteiger partial charge is 0.123 e. The molecule has 2 heteroatoms. The maximum absolute atomic E-state index is 13.4. The van der Waals surface area contributed by atoms with E-state index < -0.39 is 0 Å². The zero-order chi connectivity index (χ0) is 15.1. The van der Waals surface area contributed by atoms with Crippen molar-refractivity contribution in [2.45, 2.75) is 32.6 Å². The SMILES string of the molecule is CCCNCC(Cc1cccc(F)c1)c1cccc(C)c1. The third kappa shape index (κ3) is 4.98. The van der Waals surface area contributed by atoms with E-state index in [4.69, 9.17) is 0 Å². The molecular weight excluding hydrogens is 261 g/mol. The highest BCUT2D eigenvalue weighted by atomic mass is 19.1. The number of halogens is 1. The lowest BCUT2D eigenvalue weighted by Crippen LogP contribution is -2.23. The van der Waals surface area contributed by atoms with Gasteiger partial charge in [0.05, 0.1) is 0 Å². The molecule has 1 unspecified atom stereocenters. The highest BCUT2D eigenvalue weighted by Gasteiger charge is 2.12. The highest BCUT2D eigenvalue weighted by Crippen LogP contribution is 2.22.